The number of thiophene rings is 1. The van der Waals surface area contributed by atoms with Gasteiger partial charge in [-0.25, -0.2) is 13.1 Å². The fourth-order valence-corrected chi connectivity index (χ4v) is 5.67. The predicted molar refractivity (Wildman–Crippen MR) is 118 cm³/mol. The van der Waals surface area contributed by atoms with Crippen molar-refractivity contribution in [3.05, 3.63) is 76.7 Å². The lowest BCUT2D eigenvalue weighted by molar-refractivity contribution is 0.0981. The normalized spacial score (nSPS) is 15.8. The number of hydrogen-bond donors (Lipinski definition) is 1. The summed E-state index contributed by atoms with van der Waals surface area (Å²) in [5.74, 6) is 0.613. The lowest BCUT2D eigenvalue weighted by Crippen LogP contribution is -2.35. The van der Waals surface area contributed by atoms with E-state index in [1.54, 1.807) is 53.8 Å². The minimum absolute atomic E-state index is 0.0210. The van der Waals surface area contributed by atoms with Crippen LogP contribution in [0.1, 0.15) is 28.4 Å². The average molecular weight is 443 g/mol. The van der Waals surface area contributed by atoms with Crippen molar-refractivity contribution < 1.29 is 17.9 Å². The monoisotopic (exact) mass is 442 g/mol. The summed E-state index contributed by atoms with van der Waals surface area (Å²) in [6.45, 7) is 2.17. The molecule has 1 aliphatic heterocycles. The summed E-state index contributed by atoms with van der Waals surface area (Å²) in [6.07, 6.45) is 0.762. The van der Waals surface area contributed by atoms with Crippen molar-refractivity contribution in [2.24, 2.45) is 0 Å². The Hall–Kier alpha value is -2.68. The Morgan fingerprint density at radius 1 is 1.20 bits per heavy atom. The first-order chi connectivity index (χ1) is 14.4. The second-order valence-corrected chi connectivity index (χ2v) is 10.1. The van der Waals surface area contributed by atoms with E-state index >= 15 is 0 Å². The summed E-state index contributed by atoms with van der Waals surface area (Å²) in [4.78, 5) is 15.0. The van der Waals surface area contributed by atoms with Crippen LogP contribution in [0.4, 0.5) is 5.69 Å². The fourth-order valence-electron chi connectivity index (χ4n) is 3.61. The molecule has 1 amide bonds. The quantitative estimate of drug-likeness (QED) is 0.630. The van der Waals surface area contributed by atoms with Gasteiger partial charge >= 0.3 is 0 Å². The van der Waals surface area contributed by atoms with Crippen LogP contribution in [0.25, 0.3) is 0 Å². The zero-order chi connectivity index (χ0) is 21.3. The maximum atomic E-state index is 13.2. The number of methoxy groups -OCH3 is 1. The Kier molecular flexibility index (Phi) is 5.64. The van der Waals surface area contributed by atoms with Crippen molar-refractivity contribution in [2.45, 2.75) is 30.1 Å². The van der Waals surface area contributed by atoms with E-state index in [4.69, 9.17) is 4.74 Å². The SMILES string of the molecule is COc1ccc(C(=O)N2c3cc(CNS(=O)(=O)c4cccs4)ccc3C[C@H]2C)cc1. The molecule has 3 aromatic rings. The molecule has 0 spiro atoms. The molecule has 2 heterocycles. The van der Waals surface area contributed by atoms with Gasteiger partial charge in [0.1, 0.15) is 9.96 Å². The van der Waals surface area contributed by atoms with E-state index in [0.717, 1.165) is 23.2 Å². The van der Waals surface area contributed by atoms with E-state index in [-0.39, 0.29) is 22.7 Å². The van der Waals surface area contributed by atoms with Crippen molar-refractivity contribution in [1.82, 2.24) is 4.72 Å². The molecule has 1 aromatic heterocycles. The Morgan fingerprint density at radius 2 is 1.97 bits per heavy atom. The zero-order valence-electron chi connectivity index (χ0n) is 16.7. The number of carbonyl (C=O) groups excluding carboxylic acids is 1. The number of fused-ring (bicyclic) bond motifs is 1. The molecule has 156 valence electrons. The number of anilines is 1. The topological polar surface area (TPSA) is 75.7 Å². The van der Waals surface area contributed by atoms with Crippen molar-refractivity contribution in [3.63, 3.8) is 0 Å². The van der Waals surface area contributed by atoms with Gasteiger partial charge in [0.25, 0.3) is 5.91 Å². The zero-order valence-corrected chi connectivity index (χ0v) is 18.3. The number of hydrogen-bond acceptors (Lipinski definition) is 5. The first kappa shape index (κ1) is 20.6. The molecule has 0 aliphatic carbocycles. The van der Waals surface area contributed by atoms with E-state index in [0.29, 0.717) is 11.3 Å². The van der Waals surface area contributed by atoms with Gasteiger partial charge in [-0.15, -0.1) is 11.3 Å². The number of benzene rings is 2. The van der Waals surface area contributed by atoms with Gasteiger partial charge in [0.15, 0.2) is 0 Å². The molecule has 0 radical (unpaired) electrons. The molecular weight excluding hydrogens is 420 g/mol. The number of nitrogens with one attached hydrogen (secondary N) is 1. The fraction of sp³-hybridized carbons (Fsp3) is 0.227. The van der Waals surface area contributed by atoms with Gasteiger partial charge in [0, 0.05) is 23.8 Å². The van der Waals surface area contributed by atoms with E-state index in [2.05, 4.69) is 4.72 Å². The number of sulfonamides is 1. The van der Waals surface area contributed by atoms with Gasteiger partial charge in [-0.3, -0.25) is 4.79 Å². The van der Waals surface area contributed by atoms with Crippen LogP contribution in [0.15, 0.2) is 64.2 Å². The van der Waals surface area contributed by atoms with Gasteiger partial charge < -0.3 is 9.64 Å². The van der Waals surface area contributed by atoms with Crippen molar-refractivity contribution in [3.8, 4) is 5.75 Å². The van der Waals surface area contributed by atoms with Crippen LogP contribution >= 0.6 is 11.3 Å². The summed E-state index contributed by atoms with van der Waals surface area (Å²) in [6, 6.07) is 16.1. The van der Waals surface area contributed by atoms with Crippen molar-refractivity contribution in [2.75, 3.05) is 12.0 Å². The van der Waals surface area contributed by atoms with E-state index < -0.39 is 10.0 Å². The molecule has 1 N–H and O–H groups in total. The van der Waals surface area contributed by atoms with Gasteiger partial charge in [-0.1, -0.05) is 18.2 Å². The molecule has 4 rings (SSSR count). The smallest absolute Gasteiger partial charge is 0.258 e. The summed E-state index contributed by atoms with van der Waals surface area (Å²) in [5.41, 5.74) is 3.29. The lowest BCUT2D eigenvalue weighted by Gasteiger charge is -2.23. The molecule has 0 unspecified atom stereocenters. The van der Waals surface area contributed by atoms with Crippen LogP contribution in [0.5, 0.6) is 5.75 Å². The van der Waals surface area contributed by atoms with Crippen LogP contribution in [0.3, 0.4) is 0 Å². The highest BCUT2D eigenvalue weighted by molar-refractivity contribution is 7.91. The van der Waals surface area contributed by atoms with Gasteiger partial charge in [0.05, 0.1) is 7.11 Å². The standard InChI is InChI=1S/C22H22N2O4S2/c1-15-12-18-6-5-16(14-23-30(26,27)21-4-3-11-29-21)13-20(18)24(15)22(25)17-7-9-19(28-2)10-8-17/h3-11,13,15,23H,12,14H2,1-2H3/t15-/m1/s1. The van der Waals surface area contributed by atoms with E-state index in [9.17, 15) is 13.2 Å². The largest absolute Gasteiger partial charge is 0.497 e. The Balaban J connectivity index is 1.56. The second kappa shape index (κ2) is 8.22. The molecule has 6 nitrogen and oxygen atoms in total. The van der Waals surface area contributed by atoms with Crippen LogP contribution in [-0.2, 0) is 23.0 Å². The number of rotatable bonds is 6. The molecule has 1 aliphatic rings. The van der Waals surface area contributed by atoms with E-state index in [1.807, 2.05) is 25.1 Å². The molecule has 2 aromatic carbocycles. The number of ether oxygens (including phenoxy) is 1. The minimum atomic E-state index is -3.54. The Bertz CT molecular complexity index is 1160. The Labute approximate surface area is 180 Å². The molecule has 0 saturated heterocycles. The van der Waals surface area contributed by atoms with Crippen molar-refractivity contribution >= 4 is 33.0 Å². The third-order valence-electron chi connectivity index (χ3n) is 5.15. The summed E-state index contributed by atoms with van der Waals surface area (Å²) >= 11 is 1.18. The highest BCUT2D eigenvalue weighted by Gasteiger charge is 2.31. The van der Waals surface area contributed by atoms with Crippen molar-refractivity contribution in [1.29, 1.82) is 0 Å². The van der Waals surface area contributed by atoms with Crippen LogP contribution in [0.2, 0.25) is 0 Å². The molecule has 0 fully saturated rings. The number of amides is 1. The third kappa shape index (κ3) is 3.98. The maximum absolute atomic E-state index is 13.2. The minimum Gasteiger partial charge on any atom is -0.497 e. The molecule has 0 saturated carbocycles. The molecule has 0 bridgehead atoms. The predicted octanol–water partition coefficient (Wildman–Crippen LogP) is 3.83. The highest BCUT2D eigenvalue weighted by Crippen LogP contribution is 2.34. The maximum Gasteiger partial charge on any atom is 0.258 e. The molecule has 1 atom stereocenters. The highest BCUT2D eigenvalue weighted by atomic mass is 32.2. The van der Waals surface area contributed by atoms with Crippen LogP contribution in [-0.4, -0.2) is 27.5 Å². The molecule has 30 heavy (non-hydrogen) atoms. The third-order valence-corrected chi connectivity index (χ3v) is 7.95. The second-order valence-electron chi connectivity index (χ2n) is 7.18. The van der Waals surface area contributed by atoms with Gasteiger partial charge in [-0.2, -0.15) is 0 Å². The summed E-state index contributed by atoms with van der Waals surface area (Å²) in [5, 5.41) is 1.73. The van der Waals surface area contributed by atoms with Gasteiger partial charge in [-0.05, 0) is 66.2 Å². The molecule has 8 heteroatoms. The first-order valence-electron chi connectivity index (χ1n) is 9.51. The van der Waals surface area contributed by atoms with Gasteiger partial charge in [0.2, 0.25) is 10.0 Å². The first-order valence-corrected chi connectivity index (χ1v) is 11.9. The number of nitrogens with zero attached hydrogens (tertiary/aromatic N) is 1. The van der Waals surface area contributed by atoms with Crippen LogP contribution < -0.4 is 14.4 Å². The molecular formula is C22H22N2O4S2. The lowest BCUT2D eigenvalue weighted by atomic mass is 10.1. The van der Waals surface area contributed by atoms with Crippen LogP contribution in [0, 0.1) is 0 Å². The average Bonchev–Trinajstić information content (AvgIpc) is 3.40. The number of carbonyl (C=O) groups is 1. The Morgan fingerprint density at radius 3 is 2.63 bits per heavy atom. The summed E-state index contributed by atoms with van der Waals surface area (Å²) in [7, 11) is -1.96. The summed E-state index contributed by atoms with van der Waals surface area (Å²) < 4.78 is 32.9. The van der Waals surface area contributed by atoms with E-state index in [1.165, 1.54) is 11.3 Å².